The first-order chi connectivity index (χ1) is 19.1. The van der Waals surface area contributed by atoms with Gasteiger partial charge in [-0.1, -0.05) is 45.0 Å². The van der Waals surface area contributed by atoms with Crippen LogP contribution < -0.4 is 19.3 Å². The summed E-state index contributed by atoms with van der Waals surface area (Å²) in [6.45, 7) is 9.08. The van der Waals surface area contributed by atoms with Crippen molar-refractivity contribution in [2.75, 3.05) is 37.1 Å². The van der Waals surface area contributed by atoms with Crippen molar-refractivity contribution in [2.24, 2.45) is 5.92 Å². The highest BCUT2D eigenvalue weighted by atomic mass is 16.5. The van der Waals surface area contributed by atoms with Gasteiger partial charge in [-0.25, -0.2) is 0 Å². The van der Waals surface area contributed by atoms with Gasteiger partial charge in [0.15, 0.2) is 0 Å². The molecular weight excluding hydrogens is 504 g/mol. The van der Waals surface area contributed by atoms with E-state index in [0.29, 0.717) is 47.4 Å². The van der Waals surface area contributed by atoms with Crippen LogP contribution >= 0.6 is 0 Å². The minimum atomic E-state index is -0.847. The minimum absolute atomic E-state index is 0.0307. The van der Waals surface area contributed by atoms with Crippen LogP contribution in [-0.4, -0.2) is 44.1 Å². The van der Waals surface area contributed by atoms with Crippen LogP contribution in [0.1, 0.15) is 49.9 Å². The predicted molar refractivity (Wildman–Crippen MR) is 159 cm³/mol. The zero-order valence-electron chi connectivity index (χ0n) is 24.1. The van der Waals surface area contributed by atoms with Crippen LogP contribution in [0.2, 0.25) is 0 Å². The number of benzene rings is 3. The Morgan fingerprint density at radius 3 is 2.30 bits per heavy atom. The average Bonchev–Trinajstić information content (AvgIpc) is 3.20. The van der Waals surface area contributed by atoms with Crippen molar-refractivity contribution in [1.82, 2.24) is 0 Å². The van der Waals surface area contributed by atoms with Crippen molar-refractivity contribution in [3.05, 3.63) is 89.0 Å². The van der Waals surface area contributed by atoms with Gasteiger partial charge in [-0.15, -0.1) is 0 Å². The van der Waals surface area contributed by atoms with Gasteiger partial charge < -0.3 is 19.5 Å². The summed E-state index contributed by atoms with van der Waals surface area (Å²) in [6.07, 6.45) is 0.790. The van der Waals surface area contributed by atoms with E-state index in [4.69, 9.17) is 9.47 Å². The Kier molecular flexibility index (Phi) is 8.83. The molecule has 0 bridgehead atoms. The van der Waals surface area contributed by atoms with E-state index in [9.17, 15) is 14.7 Å². The molecule has 0 aliphatic carbocycles. The molecule has 1 unspecified atom stereocenters. The lowest BCUT2D eigenvalue weighted by molar-refractivity contribution is -0.132. The highest BCUT2D eigenvalue weighted by Crippen LogP contribution is 2.45. The van der Waals surface area contributed by atoms with E-state index in [1.54, 1.807) is 36.4 Å². The summed E-state index contributed by atoms with van der Waals surface area (Å²) in [7, 11) is 3.89. The van der Waals surface area contributed by atoms with Crippen molar-refractivity contribution in [1.29, 1.82) is 0 Å². The highest BCUT2D eigenvalue weighted by Gasteiger charge is 2.47. The zero-order chi connectivity index (χ0) is 29.0. The summed E-state index contributed by atoms with van der Waals surface area (Å²) >= 11 is 0. The summed E-state index contributed by atoms with van der Waals surface area (Å²) in [5.74, 6) is -0.113. The molecule has 0 aromatic heterocycles. The van der Waals surface area contributed by atoms with Gasteiger partial charge in [-0.3, -0.25) is 14.5 Å². The van der Waals surface area contributed by atoms with Crippen molar-refractivity contribution >= 4 is 28.8 Å². The average molecular weight is 543 g/mol. The molecule has 1 aliphatic heterocycles. The van der Waals surface area contributed by atoms with E-state index in [2.05, 4.69) is 13.8 Å². The summed E-state index contributed by atoms with van der Waals surface area (Å²) in [6, 6.07) is 19.3. The third-order valence-electron chi connectivity index (χ3n) is 6.78. The van der Waals surface area contributed by atoms with Crippen LogP contribution in [0, 0.1) is 12.8 Å². The molecule has 7 nitrogen and oxygen atoms in total. The number of Topliss-reactive ketones (excluding diaryl/α,β-unsaturated/α-hetero) is 1. The number of para-hydroxylation sites is 2. The first kappa shape index (κ1) is 28.7. The third kappa shape index (κ3) is 5.83. The number of aliphatic hydroxyl groups excluding tert-OH is 1. The summed E-state index contributed by atoms with van der Waals surface area (Å²) < 4.78 is 11.9. The summed E-state index contributed by atoms with van der Waals surface area (Å²) in [4.78, 5) is 30.7. The molecule has 1 atom stereocenters. The van der Waals surface area contributed by atoms with Crippen LogP contribution in [-0.2, 0) is 9.59 Å². The molecule has 1 N–H and O–H groups in total. The monoisotopic (exact) mass is 542 g/mol. The number of carbonyl (C=O) groups is 2. The maximum absolute atomic E-state index is 13.7. The molecule has 3 aromatic rings. The Labute approximate surface area is 236 Å². The maximum atomic E-state index is 13.7. The fraction of sp³-hybridized carbons (Fsp3) is 0.333. The van der Waals surface area contributed by atoms with Crippen LogP contribution in [0.4, 0.5) is 11.4 Å². The quantitative estimate of drug-likeness (QED) is 0.179. The lowest BCUT2D eigenvalue weighted by Crippen LogP contribution is -2.30. The van der Waals surface area contributed by atoms with Gasteiger partial charge in [0.1, 0.15) is 17.3 Å². The Morgan fingerprint density at radius 2 is 1.68 bits per heavy atom. The molecule has 40 heavy (non-hydrogen) atoms. The first-order valence-corrected chi connectivity index (χ1v) is 13.7. The molecule has 0 radical (unpaired) electrons. The number of ketones is 1. The molecule has 0 saturated carbocycles. The highest BCUT2D eigenvalue weighted by molar-refractivity contribution is 6.52. The topological polar surface area (TPSA) is 79.3 Å². The largest absolute Gasteiger partial charge is 0.507 e. The van der Waals surface area contributed by atoms with E-state index < -0.39 is 17.7 Å². The van der Waals surface area contributed by atoms with Crippen molar-refractivity contribution < 1.29 is 24.2 Å². The molecule has 3 aromatic carbocycles. The second-order valence-corrected chi connectivity index (χ2v) is 10.7. The zero-order valence-corrected chi connectivity index (χ0v) is 24.1. The van der Waals surface area contributed by atoms with Crippen molar-refractivity contribution in [2.45, 2.75) is 40.2 Å². The molecule has 0 spiro atoms. The minimum Gasteiger partial charge on any atom is -0.507 e. The van der Waals surface area contributed by atoms with Crippen molar-refractivity contribution in [3.63, 3.8) is 0 Å². The summed E-state index contributed by atoms with van der Waals surface area (Å²) in [5.41, 5.74) is 3.45. The number of ether oxygens (including phenoxy) is 2. The summed E-state index contributed by atoms with van der Waals surface area (Å²) in [5, 5.41) is 11.6. The van der Waals surface area contributed by atoms with Gasteiger partial charge >= 0.3 is 0 Å². The van der Waals surface area contributed by atoms with Gasteiger partial charge in [-0.2, -0.15) is 0 Å². The predicted octanol–water partition coefficient (Wildman–Crippen LogP) is 6.51. The third-order valence-corrected chi connectivity index (χ3v) is 6.78. The Bertz CT molecular complexity index is 1410. The molecule has 1 saturated heterocycles. The van der Waals surface area contributed by atoms with Gasteiger partial charge in [-0.05, 0) is 72.9 Å². The van der Waals surface area contributed by atoms with E-state index in [1.807, 2.05) is 63.2 Å². The number of anilines is 2. The molecule has 1 fully saturated rings. The van der Waals surface area contributed by atoms with Crippen LogP contribution in [0.25, 0.3) is 5.76 Å². The van der Waals surface area contributed by atoms with E-state index in [1.165, 1.54) is 4.90 Å². The number of aryl methyl sites for hydroxylation is 1. The van der Waals surface area contributed by atoms with E-state index in [-0.39, 0.29) is 11.3 Å². The van der Waals surface area contributed by atoms with Gasteiger partial charge in [0.05, 0.1) is 30.5 Å². The second-order valence-electron chi connectivity index (χ2n) is 10.7. The number of amides is 1. The van der Waals surface area contributed by atoms with E-state index in [0.717, 1.165) is 17.7 Å². The molecule has 1 heterocycles. The number of hydrogen-bond donors (Lipinski definition) is 1. The number of nitrogens with zero attached hydrogens (tertiary/aromatic N) is 2. The van der Waals surface area contributed by atoms with Gasteiger partial charge in [0, 0.05) is 25.3 Å². The SMILES string of the molecule is CCCOc1ccccc1N1C(=O)C(=O)/C(=C(\O)c2ccc(OCC(C)C)c(C)c2)C1c1ccc(N(C)C)cc1. The lowest BCUT2D eigenvalue weighted by atomic mass is 9.94. The Morgan fingerprint density at radius 1 is 0.975 bits per heavy atom. The van der Waals surface area contributed by atoms with Crippen molar-refractivity contribution in [3.8, 4) is 11.5 Å². The number of rotatable bonds is 10. The Hall–Kier alpha value is -4.26. The number of carbonyl (C=O) groups excluding carboxylic acids is 2. The van der Waals surface area contributed by atoms with Gasteiger partial charge in [0.25, 0.3) is 11.7 Å². The number of hydrogen-bond acceptors (Lipinski definition) is 6. The molecule has 4 rings (SSSR count). The number of aliphatic hydroxyl groups is 1. The van der Waals surface area contributed by atoms with E-state index >= 15 is 0 Å². The molecule has 1 aliphatic rings. The smallest absolute Gasteiger partial charge is 0.300 e. The fourth-order valence-electron chi connectivity index (χ4n) is 4.71. The standard InChI is InChI=1S/C33H38N2O5/c1-7-18-39-28-11-9-8-10-26(28)35-30(23-12-15-25(16-13-23)34(5)6)29(32(37)33(35)38)31(36)24-14-17-27(22(4)19-24)40-20-21(2)3/h8-17,19,21,30,36H,7,18,20H2,1-6H3/b31-29-. The lowest BCUT2D eigenvalue weighted by Gasteiger charge is -2.27. The van der Waals surface area contributed by atoms with Crippen LogP contribution in [0.15, 0.2) is 72.3 Å². The van der Waals surface area contributed by atoms with Gasteiger partial charge in [0.2, 0.25) is 0 Å². The maximum Gasteiger partial charge on any atom is 0.300 e. The molecule has 1 amide bonds. The normalized spacial score (nSPS) is 16.5. The van der Waals surface area contributed by atoms with Crippen LogP contribution in [0.5, 0.6) is 11.5 Å². The second kappa shape index (κ2) is 12.3. The molecule has 210 valence electrons. The fourth-order valence-corrected chi connectivity index (χ4v) is 4.71. The molecular formula is C33H38N2O5. The van der Waals surface area contributed by atoms with Crippen LogP contribution in [0.3, 0.4) is 0 Å². The first-order valence-electron chi connectivity index (χ1n) is 13.7. The molecule has 7 heteroatoms. The Balaban J connectivity index is 1.87.